The Balaban J connectivity index is 1.60. The lowest BCUT2D eigenvalue weighted by Gasteiger charge is -2.36. The Kier molecular flexibility index (Phi) is 5.83. The lowest BCUT2D eigenvalue weighted by molar-refractivity contribution is -0.0181. The minimum absolute atomic E-state index is 0.0636. The molecule has 0 aliphatic carbocycles. The van der Waals surface area contributed by atoms with Crippen LogP contribution in [0.2, 0.25) is 0 Å². The Hall–Kier alpha value is -3.67. The zero-order valence-electron chi connectivity index (χ0n) is 19.1. The Morgan fingerprint density at radius 1 is 1.03 bits per heavy atom. The monoisotopic (exact) mass is 487 g/mol. The molecule has 0 amide bonds. The van der Waals surface area contributed by atoms with E-state index in [1.165, 1.54) is 18.5 Å². The highest BCUT2D eigenvalue weighted by Crippen LogP contribution is 2.32. The quantitative estimate of drug-likeness (QED) is 0.391. The Morgan fingerprint density at radius 3 is 2.51 bits per heavy atom. The summed E-state index contributed by atoms with van der Waals surface area (Å²) in [5, 5.41) is 3.69. The standard InChI is InChI=1S/C23H21F4N7O/c1-11-8-33(10-18(35-11)14-7-28-34(9-14)22(26)27)23-31-19(16-5-4-15(24)6-17(16)25)20-21(32-23)30-13(3)12(2)29-20/h4-7,9,11,18,22H,8,10H2,1-3H3/t11-,18+/m0/s1. The average Bonchev–Trinajstić information content (AvgIpc) is 3.30. The molecule has 1 aliphatic heterocycles. The van der Waals surface area contributed by atoms with Gasteiger partial charge in [0, 0.05) is 29.9 Å². The van der Waals surface area contributed by atoms with Gasteiger partial charge in [0.15, 0.2) is 5.65 Å². The minimum atomic E-state index is -2.76. The van der Waals surface area contributed by atoms with Gasteiger partial charge < -0.3 is 9.64 Å². The van der Waals surface area contributed by atoms with Crippen LogP contribution in [-0.4, -0.2) is 48.9 Å². The smallest absolute Gasteiger partial charge is 0.333 e. The van der Waals surface area contributed by atoms with Gasteiger partial charge >= 0.3 is 6.55 Å². The first-order valence-electron chi connectivity index (χ1n) is 10.9. The molecule has 5 rings (SSSR count). The number of aromatic nitrogens is 6. The zero-order chi connectivity index (χ0) is 24.9. The number of halogens is 4. The fourth-order valence-corrected chi connectivity index (χ4v) is 4.04. The van der Waals surface area contributed by atoms with Crippen LogP contribution in [0.5, 0.6) is 0 Å². The second-order valence-corrected chi connectivity index (χ2v) is 8.43. The van der Waals surface area contributed by atoms with Gasteiger partial charge in [-0.05, 0) is 32.9 Å². The summed E-state index contributed by atoms with van der Waals surface area (Å²) in [6, 6.07) is 3.23. The van der Waals surface area contributed by atoms with E-state index in [9.17, 15) is 17.6 Å². The molecular formula is C23H21F4N7O. The minimum Gasteiger partial charge on any atom is -0.367 e. The van der Waals surface area contributed by atoms with Gasteiger partial charge in [0.1, 0.15) is 28.9 Å². The van der Waals surface area contributed by atoms with Crippen molar-refractivity contribution in [1.82, 2.24) is 29.7 Å². The summed E-state index contributed by atoms with van der Waals surface area (Å²) >= 11 is 0. The van der Waals surface area contributed by atoms with Crippen molar-refractivity contribution in [2.45, 2.75) is 39.5 Å². The van der Waals surface area contributed by atoms with Crippen molar-refractivity contribution >= 4 is 17.1 Å². The Morgan fingerprint density at radius 2 is 1.80 bits per heavy atom. The van der Waals surface area contributed by atoms with Gasteiger partial charge in [0.25, 0.3) is 0 Å². The number of aryl methyl sites for hydroxylation is 2. The predicted molar refractivity (Wildman–Crippen MR) is 119 cm³/mol. The molecule has 0 radical (unpaired) electrons. The number of alkyl halides is 2. The van der Waals surface area contributed by atoms with E-state index in [0.29, 0.717) is 33.7 Å². The van der Waals surface area contributed by atoms with Crippen molar-refractivity contribution < 1.29 is 22.3 Å². The molecule has 2 atom stereocenters. The Bertz CT molecular complexity index is 1410. The van der Waals surface area contributed by atoms with Gasteiger partial charge in [0.05, 0.1) is 30.2 Å². The fourth-order valence-electron chi connectivity index (χ4n) is 4.04. The number of nitrogens with zero attached hydrogens (tertiary/aromatic N) is 7. The van der Waals surface area contributed by atoms with E-state index in [2.05, 4.69) is 25.0 Å². The molecular weight excluding hydrogens is 466 g/mol. The topological polar surface area (TPSA) is 81.9 Å². The molecule has 4 aromatic rings. The summed E-state index contributed by atoms with van der Waals surface area (Å²) in [6.07, 6.45) is 1.72. The van der Waals surface area contributed by atoms with Crippen molar-refractivity contribution in [1.29, 1.82) is 0 Å². The van der Waals surface area contributed by atoms with Crippen molar-refractivity contribution in [3.63, 3.8) is 0 Å². The van der Waals surface area contributed by atoms with Gasteiger partial charge in [-0.2, -0.15) is 18.9 Å². The van der Waals surface area contributed by atoms with Crippen molar-refractivity contribution in [2.24, 2.45) is 0 Å². The molecule has 182 valence electrons. The third-order valence-electron chi connectivity index (χ3n) is 5.85. The van der Waals surface area contributed by atoms with Gasteiger partial charge in [0.2, 0.25) is 5.95 Å². The first kappa shape index (κ1) is 23.1. The van der Waals surface area contributed by atoms with Crippen LogP contribution in [-0.2, 0) is 4.74 Å². The molecule has 1 aromatic carbocycles. The molecule has 0 unspecified atom stereocenters. The summed E-state index contributed by atoms with van der Waals surface area (Å²) in [7, 11) is 0. The molecule has 0 bridgehead atoms. The molecule has 35 heavy (non-hydrogen) atoms. The zero-order valence-corrected chi connectivity index (χ0v) is 19.1. The van der Waals surface area contributed by atoms with E-state index in [1.54, 1.807) is 13.8 Å². The molecule has 0 N–H and O–H groups in total. The van der Waals surface area contributed by atoms with Crippen molar-refractivity contribution in [3.05, 3.63) is 59.2 Å². The molecule has 4 heterocycles. The van der Waals surface area contributed by atoms with Gasteiger partial charge in [-0.25, -0.2) is 28.4 Å². The maximum Gasteiger partial charge on any atom is 0.333 e. The summed E-state index contributed by atoms with van der Waals surface area (Å²) in [6.45, 7) is 3.28. The van der Waals surface area contributed by atoms with Crippen LogP contribution in [0.4, 0.5) is 23.5 Å². The normalized spacial score (nSPS) is 18.6. The maximum absolute atomic E-state index is 14.8. The third-order valence-corrected chi connectivity index (χ3v) is 5.85. The number of anilines is 1. The maximum atomic E-state index is 14.8. The second kappa shape index (κ2) is 8.84. The van der Waals surface area contributed by atoms with E-state index in [1.807, 2.05) is 11.8 Å². The lowest BCUT2D eigenvalue weighted by Crippen LogP contribution is -2.43. The van der Waals surface area contributed by atoms with Crippen LogP contribution < -0.4 is 4.90 Å². The van der Waals surface area contributed by atoms with E-state index in [0.717, 1.165) is 12.1 Å². The van der Waals surface area contributed by atoms with E-state index >= 15 is 0 Å². The molecule has 1 aliphatic rings. The van der Waals surface area contributed by atoms with E-state index < -0.39 is 24.3 Å². The van der Waals surface area contributed by atoms with Crippen LogP contribution in [0.3, 0.4) is 0 Å². The number of fused-ring (bicyclic) bond motifs is 1. The molecule has 12 heteroatoms. The number of ether oxygens (including phenoxy) is 1. The van der Waals surface area contributed by atoms with Crippen LogP contribution >= 0.6 is 0 Å². The first-order chi connectivity index (χ1) is 16.7. The number of hydrogen-bond acceptors (Lipinski definition) is 7. The first-order valence-corrected chi connectivity index (χ1v) is 10.9. The molecule has 8 nitrogen and oxygen atoms in total. The molecule has 0 spiro atoms. The summed E-state index contributed by atoms with van der Waals surface area (Å²) < 4.78 is 60.9. The van der Waals surface area contributed by atoms with Gasteiger partial charge in [-0.15, -0.1) is 0 Å². The number of rotatable bonds is 4. The molecule has 1 saturated heterocycles. The highest BCUT2D eigenvalue weighted by molar-refractivity contribution is 5.88. The largest absolute Gasteiger partial charge is 0.367 e. The predicted octanol–water partition coefficient (Wildman–Crippen LogP) is 4.54. The molecule has 3 aromatic heterocycles. The summed E-state index contributed by atoms with van der Waals surface area (Å²) in [5.41, 5.74) is 2.57. The number of benzene rings is 1. The lowest BCUT2D eigenvalue weighted by atomic mass is 10.1. The van der Waals surface area contributed by atoms with Gasteiger partial charge in [-0.1, -0.05) is 0 Å². The van der Waals surface area contributed by atoms with Crippen LogP contribution in [0.25, 0.3) is 22.4 Å². The highest BCUT2D eigenvalue weighted by Gasteiger charge is 2.30. The molecule has 0 saturated carbocycles. The van der Waals surface area contributed by atoms with E-state index in [4.69, 9.17) is 4.74 Å². The Labute approximate surface area is 197 Å². The average molecular weight is 487 g/mol. The van der Waals surface area contributed by atoms with Crippen LogP contribution in [0.1, 0.15) is 36.5 Å². The third kappa shape index (κ3) is 4.41. The fraction of sp³-hybridized carbons (Fsp3) is 0.348. The van der Waals surface area contributed by atoms with Crippen molar-refractivity contribution in [3.8, 4) is 11.3 Å². The van der Waals surface area contributed by atoms with Crippen LogP contribution in [0, 0.1) is 25.5 Å². The molecule has 1 fully saturated rings. The van der Waals surface area contributed by atoms with Gasteiger partial charge in [-0.3, -0.25) is 0 Å². The van der Waals surface area contributed by atoms with Crippen molar-refractivity contribution in [2.75, 3.05) is 18.0 Å². The van der Waals surface area contributed by atoms with Crippen LogP contribution in [0.15, 0.2) is 30.6 Å². The summed E-state index contributed by atoms with van der Waals surface area (Å²) in [4.78, 5) is 20.0. The highest BCUT2D eigenvalue weighted by atomic mass is 19.3. The number of hydrogen-bond donors (Lipinski definition) is 0. The summed E-state index contributed by atoms with van der Waals surface area (Å²) in [5.74, 6) is -1.25. The number of morpholine rings is 1. The van der Waals surface area contributed by atoms with E-state index in [-0.39, 0.29) is 35.5 Å². The second-order valence-electron chi connectivity index (χ2n) is 8.43. The SMILES string of the molecule is Cc1nc2nc(N3C[C@H](C)O[C@@H](c4cnn(C(F)F)c4)C3)nc(-c3ccc(F)cc3F)c2nc1C.